The Kier molecular flexibility index (Phi) is 10.5. The molecule has 0 unspecified atom stereocenters. The van der Waals surface area contributed by atoms with Gasteiger partial charge in [-0.3, -0.25) is 4.90 Å². The summed E-state index contributed by atoms with van der Waals surface area (Å²) in [6.07, 6.45) is -10.2. The van der Waals surface area contributed by atoms with Crippen molar-refractivity contribution >= 4 is 11.9 Å². The third kappa shape index (κ3) is 12.6. The Hall–Kier alpha value is -1.60. The van der Waals surface area contributed by atoms with Gasteiger partial charge in [0, 0.05) is 25.7 Å². The number of nitrogens with one attached hydrogen (secondary N) is 1. The maximum absolute atomic E-state index is 10.6. The molecule has 0 amide bonds. The molecule has 1 fully saturated rings. The van der Waals surface area contributed by atoms with Gasteiger partial charge in [-0.05, 0) is 7.05 Å². The summed E-state index contributed by atoms with van der Waals surface area (Å²) in [5, 5.41) is 25.9. The maximum Gasteiger partial charge on any atom is 0.490 e. The molecule has 0 aromatic heterocycles. The molecule has 13 heteroatoms. The molecule has 23 heavy (non-hydrogen) atoms. The Morgan fingerprint density at radius 2 is 1.35 bits per heavy atom. The van der Waals surface area contributed by atoms with E-state index in [-0.39, 0.29) is 6.61 Å². The predicted molar refractivity (Wildman–Crippen MR) is 63.8 cm³/mol. The first-order chi connectivity index (χ1) is 10.3. The van der Waals surface area contributed by atoms with E-state index in [0.29, 0.717) is 6.04 Å². The van der Waals surface area contributed by atoms with Crippen molar-refractivity contribution in [3.8, 4) is 0 Å². The number of hydrogen-bond acceptors (Lipinski definition) is 5. The summed E-state index contributed by atoms with van der Waals surface area (Å²) in [5.41, 5.74) is 0. The zero-order chi connectivity index (χ0) is 18.8. The zero-order valence-corrected chi connectivity index (χ0v) is 11.8. The molecule has 0 aromatic rings. The van der Waals surface area contributed by atoms with Crippen LogP contribution >= 0.6 is 0 Å². The minimum Gasteiger partial charge on any atom is -0.475 e. The van der Waals surface area contributed by atoms with Crippen molar-refractivity contribution in [1.29, 1.82) is 0 Å². The highest BCUT2D eigenvalue weighted by molar-refractivity contribution is 5.73. The number of carboxylic acids is 2. The lowest BCUT2D eigenvalue weighted by Gasteiger charge is -2.38. The summed E-state index contributed by atoms with van der Waals surface area (Å²) < 4.78 is 63.5. The average Bonchev–Trinajstić information content (AvgIpc) is 2.32. The molecule has 0 spiro atoms. The Balaban J connectivity index is 0. The van der Waals surface area contributed by atoms with Crippen LogP contribution in [0.2, 0.25) is 0 Å². The van der Waals surface area contributed by atoms with Crippen molar-refractivity contribution in [3.63, 3.8) is 0 Å². The number of carbonyl (C=O) groups is 2. The van der Waals surface area contributed by atoms with Gasteiger partial charge in [-0.15, -0.1) is 0 Å². The van der Waals surface area contributed by atoms with Gasteiger partial charge in [-0.1, -0.05) is 0 Å². The van der Waals surface area contributed by atoms with Crippen LogP contribution < -0.4 is 5.32 Å². The fourth-order valence-electron chi connectivity index (χ4n) is 1.08. The summed E-state index contributed by atoms with van der Waals surface area (Å²) in [6.45, 7) is 3.31. The largest absolute Gasteiger partial charge is 0.490 e. The van der Waals surface area contributed by atoms with Crippen LogP contribution in [0.15, 0.2) is 0 Å². The van der Waals surface area contributed by atoms with E-state index in [9.17, 15) is 26.3 Å². The monoisotopic (exact) mass is 358 g/mol. The number of hydrogen-bond donors (Lipinski definition) is 4. The Bertz CT molecular complexity index is 344. The van der Waals surface area contributed by atoms with E-state index in [1.54, 1.807) is 0 Å². The number of rotatable bonds is 3. The number of β-amino-alcohol motifs (C(OH)–C–C–N with tert-alkyl or cyclic N) is 1. The van der Waals surface area contributed by atoms with Crippen LogP contribution in [0.4, 0.5) is 26.3 Å². The lowest BCUT2D eigenvalue weighted by molar-refractivity contribution is -0.193. The third-order valence-corrected chi connectivity index (χ3v) is 2.27. The number of aliphatic hydroxyl groups excluding tert-OH is 1. The summed E-state index contributed by atoms with van der Waals surface area (Å²) in [7, 11) is 1.97. The van der Waals surface area contributed by atoms with Crippen LogP contribution in [-0.4, -0.2) is 83.8 Å². The highest BCUT2D eigenvalue weighted by atomic mass is 19.4. The summed E-state index contributed by atoms with van der Waals surface area (Å²) in [4.78, 5) is 20.0. The zero-order valence-electron chi connectivity index (χ0n) is 11.8. The van der Waals surface area contributed by atoms with E-state index in [4.69, 9.17) is 24.9 Å². The number of likely N-dealkylation sites (tertiary alicyclic amines) is 1. The quantitative estimate of drug-likeness (QED) is 0.532. The van der Waals surface area contributed by atoms with Gasteiger partial charge >= 0.3 is 24.3 Å². The lowest BCUT2D eigenvalue weighted by atomic mass is 10.1. The second-order valence-corrected chi connectivity index (χ2v) is 4.07. The second kappa shape index (κ2) is 10.2. The topological polar surface area (TPSA) is 110 Å². The molecule has 0 bridgehead atoms. The van der Waals surface area contributed by atoms with Gasteiger partial charge in [0.1, 0.15) is 0 Å². The maximum atomic E-state index is 10.6. The number of aliphatic hydroxyl groups is 1. The molecule has 7 nitrogen and oxygen atoms in total. The van der Waals surface area contributed by atoms with Crippen molar-refractivity contribution in [2.24, 2.45) is 0 Å². The molecule has 0 aromatic carbocycles. The fourth-order valence-corrected chi connectivity index (χ4v) is 1.08. The van der Waals surface area contributed by atoms with Crippen molar-refractivity contribution in [2.45, 2.75) is 18.4 Å². The van der Waals surface area contributed by atoms with Crippen LogP contribution in [0.1, 0.15) is 0 Å². The molecule has 0 radical (unpaired) electrons. The van der Waals surface area contributed by atoms with Crippen LogP contribution in [0.25, 0.3) is 0 Å². The molecular formula is C10H16F6N2O5. The Morgan fingerprint density at radius 1 is 1.04 bits per heavy atom. The molecule has 0 saturated carbocycles. The van der Waals surface area contributed by atoms with E-state index >= 15 is 0 Å². The normalized spacial score (nSPS) is 15.5. The Morgan fingerprint density at radius 3 is 1.52 bits per heavy atom. The van der Waals surface area contributed by atoms with Crippen LogP contribution in [0.3, 0.4) is 0 Å². The van der Waals surface area contributed by atoms with Crippen molar-refractivity contribution in [3.05, 3.63) is 0 Å². The van der Waals surface area contributed by atoms with E-state index in [0.717, 1.165) is 19.6 Å². The van der Waals surface area contributed by atoms with Crippen molar-refractivity contribution in [2.75, 3.05) is 33.3 Å². The van der Waals surface area contributed by atoms with E-state index in [1.165, 1.54) is 0 Å². The molecule has 138 valence electrons. The second-order valence-electron chi connectivity index (χ2n) is 4.07. The first-order valence-electron chi connectivity index (χ1n) is 5.86. The van der Waals surface area contributed by atoms with Crippen LogP contribution in [-0.2, 0) is 9.59 Å². The highest BCUT2D eigenvalue weighted by Crippen LogP contribution is 2.13. The number of carboxylic acid groups (broad SMARTS) is 2. The first-order valence-corrected chi connectivity index (χ1v) is 5.86. The molecular weight excluding hydrogens is 342 g/mol. The molecule has 1 saturated heterocycles. The lowest BCUT2D eigenvalue weighted by Crippen LogP contribution is -2.57. The first kappa shape index (κ1) is 23.7. The number of likely N-dealkylation sites (N-methyl/N-ethyl adjacent to an activating group) is 1. The SMILES string of the molecule is CNC1CN(CCO)C1.O=C(O)C(F)(F)F.O=C(O)C(F)(F)F. The van der Waals surface area contributed by atoms with Gasteiger partial charge in [0.25, 0.3) is 0 Å². The average molecular weight is 358 g/mol. The Labute approximate surface area is 126 Å². The summed E-state index contributed by atoms with van der Waals surface area (Å²) in [5.74, 6) is -5.51. The standard InChI is InChI=1S/C6H14N2O.2C2HF3O2/c1-7-6-4-8(5-6)2-3-9;2*3-2(4,5)1(6)7/h6-7,9H,2-5H2,1H3;2*(H,6,7). The van der Waals surface area contributed by atoms with E-state index in [1.807, 2.05) is 7.05 Å². The van der Waals surface area contributed by atoms with Gasteiger partial charge in [0.05, 0.1) is 6.61 Å². The van der Waals surface area contributed by atoms with Gasteiger partial charge < -0.3 is 20.6 Å². The van der Waals surface area contributed by atoms with Gasteiger partial charge in [0.2, 0.25) is 0 Å². The molecule has 0 atom stereocenters. The summed E-state index contributed by atoms with van der Waals surface area (Å²) >= 11 is 0. The molecule has 4 N–H and O–H groups in total. The van der Waals surface area contributed by atoms with Crippen LogP contribution in [0.5, 0.6) is 0 Å². The molecule has 0 aliphatic carbocycles. The number of nitrogens with zero attached hydrogens (tertiary/aromatic N) is 1. The van der Waals surface area contributed by atoms with Crippen molar-refractivity contribution in [1.82, 2.24) is 10.2 Å². The smallest absolute Gasteiger partial charge is 0.475 e. The van der Waals surface area contributed by atoms with Gasteiger partial charge in [-0.25, -0.2) is 9.59 Å². The van der Waals surface area contributed by atoms with Gasteiger partial charge in [-0.2, -0.15) is 26.3 Å². The number of halogens is 6. The molecule has 1 aliphatic heterocycles. The number of alkyl halides is 6. The van der Waals surface area contributed by atoms with Gasteiger partial charge in [0.15, 0.2) is 0 Å². The molecule has 1 heterocycles. The third-order valence-electron chi connectivity index (χ3n) is 2.27. The molecule has 1 rings (SSSR count). The van der Waals surface area contributed by atoms with E-state index in [2.05, 4.69) is 10.2 Å². The fraction of sp³-hybridized carbons (Fsp3) is 0.800. The minimum absolute atomic E-state index is 0.288. The number of aliphatic carboxylic acids is 2. The highest BCUT2D eigenvalue weighted by Gasteiger charge is 2.38. The predicted octanol–water partition coefficient (Wildman–Crippen LogP) is 0.149. The van der Waals surface area contributed by atoms with Crippen molar-refractivity contribution < 1.29 is 51.3 Å². The minimum atomic E-state index is -5.08. The van der Waals surface area contributed by atoms with Crippen LogP contribution in [0, 0.1) is 0 Å². The van der Waals surface area contributed by atoms with E-state index < -0.39 is 24.3 Å². The molecule has 1 aliphatic rings. The summed E-state index contributed by atoms with van der Waals surface area (Å²) in [6, 6.07) is 0.663.